The van der Waals surface area contributed by atoms with Gasteiger partial charge < -0.3 is 14.5 Å². The molecular weight excluding hydrogens is 406 g/mol. The predicted octanol–water partition coefficient (Wildman–Crippen LogP) is 2.03. The number of carbonyl (C=O) groups is 1. The van der Waals surface area contributed by atoms with Crippen molar-refractivity contribution in [2.75, 3.05) is 36.0 Å². The topological polar surface area (TPSA) is 80.6 Å². The Bertz CT molecular complexity index is 1190. The van der Waals surface area contributed by atoms with Crippen molar-refractivity contribution >= 4 is 17.5 Å². The number of carbonyl (C=O) groups excluding carboxylic acids is 1. The number of fused-ring (bicyclic) bond motifs is 1. The lowest BCUT2D eigenvalue weighted by Crippen LogP contribution is -2.53. The number of aryl methyl sites for hydroxylation is 1. The molecule has 8 heteroatoms. The largest absolute Gasteiger partial charge is 0.365 e. The number of rotatable bonds is 3. The minimum Gasteiger partial charge on any atom is -0.365 e. The number of hydrogen-bond donors (Lipinski definition) is 0. The van der Waals surface area contributed by atoms with Crippen LogP contribution in [0.15, 0.2) is 59.7 Å². The zero-order valence-electron chi connectivity index (χ0n) is 18.0. The maximum absolute atomic E-state index is 13.4. The smallest absolute Gasteiger partial charge is 0.257 e. The van der Waals surface area contributed by atoms with E-state index in [2.05, 4.69) is 11.1 Å². The minimum absolute atomic E-state index is 0.0443. The molecule has 0 aliphatic carbocycles. The number of morpholine rings is 1. The van der Waals surface area contributed by atoms with Crippen LogP contribution in [0.5, 0.6) is 0 Å². The third-order valence-electron chi connectivity index (χ3n) is 6.09. The van der Waals surface area contributed by atoms with Gasteiger partial charge in [0.15, 0.2) is 6.10 Å². The minimum atomic E-state index is -0.614. The van der Waals surface area contributed by atoms with Gasteiger partial charge in [-0.15, -0.1) is 0 Å². The number of hydrogen-bond acceptors (Lipinski definition) is 6. The Morgan fingerprint density at radius 1 is 1.12 bits per heavy atom. The molecule has 164 valence electrons. The first-order valence-electron chi connectivity index (χ1n) is 10.9. The molecule has 1 aromatic carbocycles. The number of anilines is 2. The Morgan fingerprint density at radius 2 is 1.94 bits per heavy atom. The van der Waals surface area contributed by atoms with Crippen LogP contribution < -0.4 is 15.4 Å². The second-order valence-corrected chi connectivity index (χ2v) is 8.10. The lowest BCUT2D eigenvalue weighted by molar-refractivity contribution is -0.130. The Labute approximate surface area is 186 Å². The predicted molar refractivity (Wildman–Crippen MR) is 122 cm³/mol. The van der Waals surface area contributed by atoms with E-state index in [-0.39, 0.29) is 11.5 Å². The van der Waals surface area contributed by atoms with Crippen molar-refractivity contribution in [3.05, 3.63) is 70.8 Å². The molecule has 2 aliphatic rings. The highest BCUT2D eigenvalue weighted by Gasteiger charge is 2.34. The van der Waals surface area contributed by atoms with Gasteiger partial charge in [-0.3, -0.25) is 19.1 Å². The van der Waals surface area contributed by atoms with E-state index in [9.17, 15) is 9.59 Å². The van der Waals surface area contributed by atoms with Crippen molar-refractivity contribution in [1.82, 2.24) is 14.5 Å². The van der Waals surface area contributed by atoms with Crippen LogP contribution in [0.2, 0.25) is 0 Å². The zero-order chi connectivity index (χ0) is 22.1. The third kappa shape index (κ3) is 3.78. The fraction of sp³-hybridized carbons (Fsp3) is 0.333. The molecule has 0 saturated carbocycles. The molecule has 0 N–H and O–H groups in total. The fourth-order valence-electron chi connectivity index (χ4n) is 4.40. The lowest BCUT2D eigenvalue weighted by atomic mass is 10.0. The van der Waals surface area contributed by atoms with Crippen molar-refractivity contribution in [2.24, 2.45) is 7.05 Å². The Kier molecular flexibility index (Phi) is 5.45. The molecule has 1 saturated heterocycles. The van der Waals surface area contributed by atoms with Crippen LogP contribution in [0, 0.1) is 0 Å². The van der Waals surface area contributed by atoms with Gasteiger partial charge in [0.25, 0.3) is 11.5 Å². The van der Waals surface area contributed by atoms with Gasteiger partial charge in [0.1, 0.15) is 0 Å². The summed E-state index contributed by atoms with van der Waals surface area (Å²) in [5.74, 6) is 0.488. The molecule has 3 aromatic rings. The van der Waals surface area contributed by atoms with E-state index in [4.69, 9.17) is 9.72 Å². The summed E-state index contributed by atoms with van der Waals surface area (Å²) < 4.78 is 7.41. The summed E-state index contributed by atoms with van der Waals surface area (Å²) in [5.41, 5.74) is 3.42. The van der Waals surface area contributed by atoms with E-state index >= 15 is 0 Å². The van der Waals surface area contributed by atoms with Gasteiger partial charge in [-0.2, -0.15) is 0 Å². The van der Waals surface area contributed by atoms with Crippen LogP contribution in [-0.4, -0.2) is 52.8 Å². The fourth-order valence-corrected chi connectivity index (χ4v) is 4.40. The maximum Gasteiger partial charge on any atom is 0.257 e. The molecular formula is C24H25N5O3. The zero-order valence-corrected chi connectivity index (χ0v) is 18.0. The van der Waals surface area contributed by atoms with Gasteiger partial charge in [0.05, 0.1) is 18.8 Å². The average Bonchev–Trinajstić information content (AvgIpc) is 2.85. The molecule has 5 rings (SSSR count). The molecule has 0 spiro atoms. The first-order chi connectivity index (χ1) is 15.6. The SMILES string of the molecule is Cn1c(N2CCOC(C(=O)N3CCCc4ccccc43)C2)nc(-c2ccncc2)cc1=O. The molecule has 8 nitrogen and oxygen atoms in total. The summed E-state index contributed by atoms with van der Waals surface area (Å²) in [4.78, 5) is 38.7. The average molecular weight is 431 g/mol. The number of nitrogens with zero attached hydrogens (tertiary/aromatic N) is 5. The molecule has 2 aromatic heterocycles. The van der Waals surface area contributed by atoms with E-state index in [0.717, 1.165) is 24.1 Å². The number of amides is 1. The van der Waals surface area contributed by atoms with Crippen molar-refractivity contribution < 1.29 is 9.53 Å². The third-order valence-corrected chi connectivity index (χ3v) is 6.09. The molecule has 0 radical (unpaired) electrons. The number of aromatic nitrogens is 3. The molecule has 1 fully saturated rings. The van der Waals surface area contributed by atoms with Crippen molar-refractivity contribution in [1.29, 1.82) is 0 Å². The second-order valence-electron chi connectivity index (χ2n) is 8.10. The standard InChI is InChI=1S/C24H25N5O3/c1-27-22(30)15-19(17-8-10-25-11-9-17)26-24(27)28-13-14-32-21(16-28)23(31)29-12-4-6-18-5-2-3-7-20(18)29/h2-3,5,7-11,15,21H,4,6,12-14,16H2,1H3. The van der Waals surface area contributed by atoms with Gasteiger partial charge in [-0.1, -0.05) is 18.2 Å². The van der Waals surface area contributed by atoms with Crippen LogP contribution >= 0.6 is 0 Å². The van der Waals surface area contributed by atoms with Crippen molar-refractivity contribution in [3.63, 3.8) is 0 Å². The first kappa shape index (κ1) is 20.4. The molecule has 1 unspecified atom stereocenters. The normalized spacial score (nSPS) is 18.3. The van der Waals surface area contributed by atoms with Crippen LogP contribution in [0.1, 0.15) is 12.0 Å². The van der Waals surface area contributed by atoms with E-state index in [0.29, 0.717) is 37.9 Å². The lowest BCUT2D eigenvalue weighted by Gasteiger charge is -2.37. The summed E-state index contributed by atoms with van der Waals surface area (Å²) in [6.07, 6.45) is 4.65. The molecule has 2 aliphatic heterocycles. The Hall–Kier alpha value is -3.52. The summed E-state index contributed by atoms with van der Waals surface area (Å²) in [7, 11) is 1.70. The van der Waals surface area contributed by atoms with Gasteiger partial charge in [0, 0.05) is 49.8 Å². The molecule has 1 amide bonds. The Morgan fingerprint density at radius 3 is 2.78 bits per heavy atom. The maximum atomic E-state index is 13.4. The highest BCUT2D eigenvalue weighted by atomic mass is 16.5. The number of benzene rings is 1. The summed E-state index contributed by atoms with van der Waals surface area (Å²) in [6.45, 7) is 1.98. The van der Waals surface area contributed by atoms with E-state index in [1.165, 1.54) is 16.2 Å². The van der Waals surface area contributed by atoms with Gasteiger partial charge >= 0.3 is 0 Å². The van der Waals surface area contributed by atoms with E-state index < -0.39 is 6.10 Å². The molecule has 1 atom stereocenters. The second kappa shape index (κ2) is 8.55. The van der Waals surface area contributed by atoms with Gasteiger partial charge in [0.2, 0.25) is 5.95 Å². The van der Waals surface area contributed by atoms with Crippen LogP contribution in [0.3, 0.4) is 0 Å². The van der Waals surface area contributed by atoms with Crippen LogP contribution in [-0.2, 0) is 23.0 Å². The first-order valence-corrected chi connectivity index (χ1v) is 10.9. The van der Waals surface area contributed by atoms with Crippen LogP contribution in [0.25, 0.3) is 11.3 Å². The highest BCUT2D eigenvalue weighted by Crippen LogP contribution is 2.28. The quantitative estimate of drug-likeness (QED) is 0.631. The van der Waals surface area contributed by atoms with Gasteiger partial charge in [-0.25, -0.2) is 4.98 Å². The summed E-state index contributed by atoms with van der Waals surface area (Å²) in [5, 5.41) is 0. The number of pyridine rings is 1. The monoisotopic (exact) mass is 431 g/mol. The van der Waals surface area contributed by atoms with Crippen molar-refractivity contribution in [2.45, 2.75) is 18.9 Å². The highest BCUT2D eigenvalue weighted by molar-refractivity contribution is 5.98. The molecule has 4 heterocycles. The van der Waals surface area contributed by atoms with E-state index in [1.807, 2.05) is 40.1 Å². The van der Waals surface area contributed by atoms with Gasteiger partial charge in [-0.05, 0) is 36.6 Å². The molecule has 0 bridgehead atoms. The van der Waals surface area contributed by atoms with Crippen molar-refractivity contribution in [3.8, 4) is 11.3 Å². The number of para-hydroxylation sites is 1. The van der Waals surface area contributed by atoms with E-state index in [1.54, 1.807) is 19.4 Å². The summed E-state index contributed by atoms with van der Waals surface area (Å²) in [6, 6.07) is 13.2. The number of ether oxygens (including phenoxy) is 1. The van der Waals surface area contributed by atoms with Crippen LogP contribution in [0.4, 0.5) is 11.6 Å². The Balaban J connectivity index is 1.42. The summed E-state index contributed by atoms with van der Waals surface area (Å²) >= 11 is 0. The molecule has 32 heavy (non-hydrogen) atoms.